The highest BCUT2D eigenvalue weighted by atomic mass is 16.7. The third-order valence-corrected chi connectivity index (χ3v) is 7.95. The van der Waals surface area contributed by atoms with Gasteiger partial charge >= 0.3 is 7.12 Å². The van der Waals surface area contributed by atoms with Gasteiger partial charge in [0.1, 0.15) is 0 Å². The van der Waals surface area contributed by atoms with Crippen molar-refractivity contribution in [3.63, 3.8) is 0 Å². The van der Waals surface area contributed by atoms with Gasteiger partial charge in [-0.1, -0.05) is 131 Å². The van der Waals surface area contributed by atoms with E-state index in [0.717, 1.165) is 55.1 Å². The van der Waals surface area contributed by atoms with Crippen LogP contribution in [0.4, 0.5) is 0 Å². The van der Waals surface area contributed by atoms with Crippen LogP contribution in [0.25, 0.3) is 55.4 Å². The van der Waals surface area contributed by atoms with Gasteiger partial charge in [0.25, 0.3) is 0 Å². The Morgan fingerprint density at radius 2 is 1.23 bits per heavy atom. The van der Waals surface area contributed by atoms with Gasteiger partial charge in [0.15, 0.2) is 5.82 Å². The van der Waals surface area contributed by atoms with Crippen LogP contribution in [0.15, 0.2) is 115 Å². The lowest BCUT2D eigenvalue weighted by atomic mass is 9.77. The molecule has 0 radical (unpaired) electrons. The molecule has 0 amide bonds. The van der Waals surface area contributed by atoms with Gasteiger partial charge in [0, 0.05) is 21.9 Å². The first-order valence-corrected chi connectivity index (χ1v) is 15.8. The number of hydrogen-bond donors (Lipinski definition) is 0. The van der Waals surface area contributed by atoms with E-state index >= 15 is 0 Å². The summed E-state index contributed by atoms with van der Waals surface area (Å²) in [5.41, 5.74) is 6.60. The SMILES string of the molecule is CC.CC.CC1OB(c2cc(-c3ccccc3)cc(-c3nc(-c4ccccc4)c4ccc5ccccc5c4n3)c2)OC1(C)C. The van der Waals surface area contributed by atoms with E-state index in [9.17, 15) is 0 Å². The molecule has 1 aliphatic rings. The van der Waals surface area contributed by atoms with E-state index in [0.29, 0.717) is 5.82 Å². The molecule has 1 saturated heterocycles. The molecule has 7 rings (SSSR count). The fraction of sp³-hybridized carbons (Fsp3) is 0.231. The zero-order valence-corrected chi connectivity index (χ0v) is 26.8. The van der Waals surface area contributed by atoms with Crippen molar-refractivity contribution in [3.8, 4) is 33.8 Å². The topological polar surface area (TPSA) is 44.2 Å². The van der Waals surface area contributed by atoms with Gasteiger partial charge in [0.2, 0.25) is 0 Å². The summed E-state index contributed by atoms with van der Waals surface area (Å²) in [6.07, 6.45) is -0.0331. The second-order valence-electron chi connectivity index (χ2n) is 11.0. The van der Waals surface area contributed by atoms with E-state index in [4.69, 9.17) is 19.3 Å². The molecular weight excluding hydrogens is 539 g/mol. The predicted octanol–water partition coefficient (Wildman–Crippen LogP) is 9.75. The maximum absolute atomic E-state index is 6.39. The van der Waals surface area contributed by atoms with Gasteiger partial charge in [-0.25, -0.2) is 9.97 Å². The Kier molecular flexibility index (Phi) is 9.58. The van der Waals surface area contributed by atoms with Crippen LogP contribution in [0.1, 0.15) is 48.5 Å². The van der Waals surface area contributed by atoms with E-state index in [1.807, 2.05) is 39.8 Å². The normalized spacial score (nSPS) is 15.3. The number of fused-ring (bicyclic) bond motifs is 3. The van der Waals surface area contributed by atoms with Gasteiger partial charge < -0.3 is 9.31 Å². The van der Waals surface area contributed by atoms with Crippen molar-refractivity contribution >= 4 is 34.3 Å². The summed E-state index contributed by atoms with van der Waals surface area (Å²) < 4.78 is 12.7. The lowest BCUT2D eigenvalue weighted by Gasteiger charge is -2.21. The van der Waals surface area contributed by atoms with E-state index in [-0.39, 0.29) is 11.7 Å². The first-order valence-electron chi connectivity index (χ1n) is 15.8. The molecule has 0 N–H and O–H groups in total. The molecule has 1 aliphatic heterocycles. The highest BCUT2D eigenvalue weighted by Crippen LogP contribution is 2.34. The quantitative estimate of drug-likeness (QED) is 0.154. The average Bonchev–Trinajstić information content (AvgIpc) is 3.38. The molecule has 1 atom stereocenters. The second kappa shape index (κ2) is 13.5. The molecule has 1 unspecified atom stereocenters. The van der Waals surface area contributed by atoms with Crippen LogP contribution in [0.5, 0.6) is 0 Å². The number of nitrogens with zero attached hydrogens (tertiary/aromatic N) is 2. The monoisotopic (exact) mass is 580 g/mol. The smallest absolute Gasteiger partial charge is 0.402 e. The molecule has 0 aliphatic carbocycles. The molecule has 0 saturated carbocycles. The van der Waals surface area contributed by atoms with Crippen LogP contribution in [0.2, 0.25) is 0 Å². The molecule has 5 heteroatoms. The molecule has 1 fully saturated rings. The summed E-state index contributed by atoms with van der Waals surface area (Å²) in [6.45, 7) is 14.2. The van der Waals surface area contributed by atoms with Crippen molar-refractivity contribution in [1.82, 2.24) is 9.97 Å². The summed E-state index contributed by atoms with van der Waals surface area (Å²) in [4.78, 5) is 10.4. The van der Waals surface area contributed by atoms with E-state index < -0.39 is 7.12 Å². The third-order valence-electron chi connectivity index (χ3n) is 7.95. The fourth-order valence-electron chi connectivity index (χ4n) is 5.42. The van der Waals surface area contributed by atoms with Crippen molar-refractivity contribution in [2.45, 2.75) is 60.2 Å². The van der Waals surface area contributed by atoms with Crippen LogP contribution in [0, 0.1) is 0 Å². The zero-order chi connectivity index (χ0) is 31.3. The molecule has 0 spiro atoms. The molecule has 1 aromatic heterocycles. The lowest BCUT2D eigenvalue weighted by molar-refractivity contribution is 0.0842. The minimum Gasteiger partial charge on any atom is -0.402 e. The maximum atomic E-state index is 6.39. The van der Waals surface area contributed by atoms with Crippen LogP contribution in [0.3, 0.4) is 0 Å². The Hall–Kier alpha value is -4.32. The minimum absolute atomic E-state index is 0.0331. The molecule has 222 valence electrons. The van der Waals surface area contributed by atoms with Crippen LogP contribution in [-0.2, 0) is 9.31 Å². The second-order valence-corrected chi connectivity index (χ2v) is 11.0. The summed E-state index contributed by atoms with van der Waals surface area (Å²) in [5, 5.41) is 3.30. The van der Waals surface area contributed by atoms with Gasteiger partial charge in [-0.15, -0.1) is 0 Å². The Balaban J connectivity index is 0.000000924. The van der Waals surface area contributed by atoms with E-state index in [2.05, 4.69) is 124 Å². The van der Waals surface area contributed by atoms with Crippen molar-refractivity contribution in [3.05, 3.63) is 115 Å². The first-order chi connectivity index (χ1) is 21.5. The Morgan fingerprint density at radius 1 is 0.614 bits per heavy atom. The zero-order valence-electron chi connectivity index (χ0n) is 26.8. The molecule has 0 bridgehead atoms. The number of hydrogen-bond acceptors (Lipinski definition) is 4. The highest BCUT2D eigenvalue weighted by Gasteiger charge is 2.44. The molecule has 4 nitrogen and oxygen atoms in total. The summed E-state index contributed by atoms with van der Waals surface area (Å²) in [7, 11) is -0.470. The molecule has 6 aromatic rings. The molecule has 44 heavy (non-hydrogen) atoms. The minimum atomic E-state index is -0.470. The van der Waals surface area contributed by atoms with Crippen molar-refractivity contribution < 1.29 is 9.31 Å². The maximum Gasteiger partial charge on any atom is 0.494 e. The molecule has 5 aromatic carbocycles. The van der Waals surface area contributed by atoms with Crippen LogP contribution >= 0.6 is 0 Å². The Morgan fingerprint density at radius 3 is 1.89 bits per heavy atom. The van der Waals surface area contributed by atoms with Crippen LogP contribution in [-0.4, -0.2) is 28.8 Å². The largest absolute Gasteiger partial charge is 0.494 e. The van der Waals surface area contributed by atoms with E-state index in [1.54, 1.807) is 0 Å². The summed E-state index contributed by atoms with van der Waals surface area (Å²) in [5.74, 6) is 0.673. The number of benzene rings is 5. The number of aromatic nitrogens is 2. The van der Waals surface area contributed by atoms with Gasteiger partial charge in [-0.3, -0.25) is 0 Å². The van der Waals surface area contributed by atoms with Crippen molar-refractivity contribution in [2.24, 2.45) is 0 Å². The van der Waals surface area contributed by atoms with Crippen LogP contribution < -0.4 is 5.46 Å². The molecule has 2 heterocycles. The van der Waals surface area contributed by atoms with Gasteiger partial charge in [-0.05, 0) is 54.9 Å². The van der Waals surface area contributed by atoms with Gasteiger partial charge in [-0.2, -0.15) is 0 Å². The summed E-state index contributed by atoms with van der Waals surface area (Å²) >= 11 is 0. The van der Waals surface area contributed by atoms with Crippen molar-refractivity contribution in [1.29, 1.82) is 0 Å². The lowest BCUT2D eigenvalue weighted by Crippen LogP contribution is -2.35. The number of rotatable bonds is 4. The van der Waals surface area contributed by atoms with Crippen molar-refractivity contribution in [2.75, 3.05) is 0 Å². The standard InChI is InChI=1S/C35H29BN2O2.2C2H6/c1-23-35(2,3)40-36(39-23)29-21-27(24-12-6-4-7-13-24)20-28(22-29)34-37-32(26-15-8-5-9-16-26)31-19-18-25-14-10-11-17-30(25)33(31)38-34;2*1-2/h4-23H,1-3H3;2*1-2H3. The third kappa shape index (κ3) is 6.17. The highest BCUT2D eigenvalue weighted by molar-refractivity contribution is 6.62. The Bertz CT molecular complexity index is 1860. The first kappa shape index (κ1) is 31.1. The average molecular weight is 581 g/mol. The molecular formula is C39H41BN2O2. The fourth-order valence-corrected chi connectivity index (χ4v) is 5.42. The summed E-state index contributed by atoms with van der Waals surface area (Å²) in [6, 6.07) is 39.9. The predicted molar refractivity (Wildman–Crippen MR) is 187 cm³/mol. The van der Waals surface area contributed by atoms with E-state index in [1.165, 1.54) is 0 Å². The Labute approximate surface area is 262 Å². The van der Waals surface area contributed by atoms with Gasteiger partial charge in [0.05, 0.1) is 22.9 Å².